The van der Waals surface area contributed by atoms with Crippen LogP contribution in [0.25, 0.3) is 0 Å². The van der Waals surface area contributed by atoms with Crippen molar-refractivity contribution in [3.63, 3.8) is 0 Å². The maximum atomic E-state index is 12.0. The third-order valence-corrected chi connectivity index (χ3v) is 2.25. The quantitative estimate of drug-likeness (QED) is 0.337. The molecule has 0 bridgehead atoms. The molecule has 0 radical (unpaired) electrons. The van der Waals surface area contributed by atoms with E-state index in [1.807, 2.05) is 0 Å². The maximum absolute atomic E-state index is 12.0. The Morgan fingerprint density at radius 2 is 2.00 bits per heavy atom. The standard InChI is InChI=1S/C4H9ClF2Si/c1-8(6,7)4-2-3-5/h2-4H2,1H3. The first kappa shape index (κ1) is 8.37. The Bertz CT molecular complexity index is 61.5. The zero-order chi connectivity index (χ0) is 6.62. The fourth-order valence-electron chi connectivity index (χ4n) is 0.377. The summed E-state index contributed by atoms with van der Waals surface area (Å²) in [6.07, 6.45) is 0.456. The number of alkyl halides is 1. The monoisotopic (exact) mass is 158 g/mol. The fraction of sp³-hybridized carbons (Fsp3) is 1.00. The molecule has 0 amide bonds. The lowest BCUT2D eigenvalue weighted by Crippen LogP contribution is -2.15. The number of hydrogen-bond donors (Lipinski definition) is 0. The van der Waals surface area contributed by atoms with Gasteiger partial charge in [-0.25, -0.2) is 0 Å². The molecule has 0 saturated carbocycles. The highest BCUT2D eigenvalue weighted by Crippen LogP contribution is 2.14. The van der Waals surface area contributed by atoms with E-state index in [2.05, 4.69) is 0 Å². The predicted octanol–water partition coefficient (Wildman–Crippen LogP) is 2.63. The van der Waals surface area contributed by atoms with Gasteiger partial charge in [0.25, 0.3) is 0 Å². The van der Waals surface area contributed by atoms with Gasteiger partial charge in [0, 0.05) is 5.88 Å². The van der Waals surface area contributed by atoms with Crippen molar-refractivity contribution in [2.75, 3.05) is 5.88 Å². The van der Waals surface area contributed by atoms with Crippen LogP contribution in [0.15, 0.2) is 0 Å². The smallest absolute Gasteiger partial charge is 0.271 e. The van der Waals surface area contributed by atoms with E-state index in [9.17, 15) is 8.22 Å². The molecule has 0 aliphatic rings. The maximum Gasteiger partial charge on any atom is 0.422 e. The SMILES string of the molecule is C[Si](F)(F)CCCCl. The molecule has 0 aliphatic carbocycles. The van der Waals surface area contributed by atoms with Crippen LogP contribution in [0, 0.1) is 0 Å². The van der Waals surface area contributed by atoms with Crippen molar-refractivity contribution < 1.29 is 8.22 Å². The van der Waals surface area contributed by atoms with Crippen LogP contribution >= 0.6 is 11.6 Å². The van der Waals surface area contributed by atoms with Gasteiger partial charge in [-0.2, -0.15) is 0 Å². The van der Waals surface area contributed by atoms with Crippen molar-refractivity contribution in [3.05, 3.63) is 0 Å². The largest absolute Gasteiger partial charge is 0.422 e. The molecule has 0 saturated heterocycles. The summed E-state index contributed by atoms with van der Waals surface area (Å²) >= 11 is 5.20. The van der Waals surface area contributed by atoms with E-state index >= 15 is 0 Å². The summed E-state index contributed by atoms with van der Waals surface area (Å²) in [6, 6.07) is 0.0382. The van der Waals surface area contributed by atoms with Crippen LogP contribution in [0.4, 0.5) is 8.22 Å². The lowest BCUT2D eigenvalue weighted by molar-refractivity contribution is 0.603. The highest BCUT2D eigenvalue weighted by molar-refractivity contribution is 6.64. The first-order valence-corrected chi connectivity index (χ1v) is 5.50. The molecule has 0 nitrogen and oxygen atoms in total. The minimum absolute atomic E-state index is 0.0382. The summed E-state index contributed by atoms with van der Waals surface area (Å²) in [7, 11) is -3.76. The average Bonchev–Trinajstić information content (AvgIpc) is 1.59. The van der Waals surface area contributed by atoms with Crippen LogP contribution < -0.4 is 0 Å². The Labute approximate surface area is 54.2 Å². The second-order valence-electron chi connectivity index (χ2n) is 1.86. The van der Waals surface area contributed by atoms with E-state index in [-0.39, 0.29) is 6.04 Å². The van der Waals surface area contributed by atoms with E-state index in [0.29, 0.717) is 12.3 Å². The van der Waals surface area contributed by atoms with E-state index in [0.717, 1.165) is 6.55 Å². The lowest BCUT2D eigenvalue weighted by atomic mass is 10.6. The highest BCUT2D eigenvalue weighted by Gasteiger charge is 2.25. The van der Waals surface area contributed by atoms with Crippen molar-refractivity contribution in [1.82, 2.24) is 0 Å². The Morgan fingerprint density at radius 3 is 2.12 bits per heavy atom. The molecular weight excluding hydrogens is 150 g/mol. The van der Waals surface area contributed by atoms with Crippen molar-refractivity contribution in [3.8, 4) is 0 Å². The summed E-state index contributed by atoms with van der Waals surface area (Å²) in [5, 5.41) is 0. The van der Waals surface area contributed by atoms with Crippen LogP contribution in [-0.4, -0.2) is 14.6 Å². The van der Waals surface area contributed by atoms with Gasteiger partial charge in [0.2, 0.25) is 0 Å². The Hall–Kier alpha value is 0.367. The first-order chi connectivity index (χ1) is 3.56. The molecule has 0 fully saturated rings. The Morgan fingerprint density at radius 1 is 1.50 bits per heavy atom. The van der Waals surface area contributed by atoms with Gasteiger partial charge in [-0.05, 0) is 19.0 Å². The Balaban J connectivity index is 3.11. The van der Waals surface area contributed by atoms with Gasteiger partial charge in [0.1, 0.15) is 0 Å². The van der Waals surface area contributed by atoms with Crippen molar-refractivity contribution in [2.24, 2.45) is 0 Å². The molecule has 0 aromatic rings. The molecular formula is C4H9ClF2Si. The van der Waals surface area contributed by atoms with Gasteiger partial charge in [0.15, 0.2) is 0 Å². The minimum Gasteiger partial charge on any atom is -0.271 e. The van der Waals surface area contributed by atoms with Crippen LogP contribution in [0.1, 0.15) is 6.42 Å². The first-order valence-electron chi connectivity index (χ1n) is 2.50. The van der Waals surface area contributed by atoms with Crippen molar-refractivity contribution in [1.29, 1.82) is 0 Å². The van der Waals surface area contributed by atoms with Gasteiger partial charge in [0.05, 0.1) is 0 Å². The molecule has 0 unspecified atom stereocenters. The van der Waals surface area contributed by atoms with E-state index in [4.69, 9.17) is 11.6 Å². The average molecular weight is 159 g/mol. The van der Waals surface area contributed by atoms with Gasteiger partial charge in [-0.1, -0.05) is 0 Å². The van der Waals surface area contributed by atoms with Gasteiger partial charge in [-0.3, -0.25) is 8.22 Å². The normalized spacial score (nSPS) is 12.0. The van der Waals surface area contributed by atoms with E-state index in [1.54, 1.807) is 0 Å². The molecule has 0 aromatic carbocycles. The van der Waals surface area contributed by atoms with Crippen LogP contribution in [0.5, 0.6) is 0 Å². The van der Waals surface area contributed by atoms with Crippen LogP contribution in [0.2, 0.25) is 12.6 Å². The topological polar surface area (TPSA) is 0 Å². The van der Waals surface area contributed by atoms with Gasteiger partial charge >= 0.3 is 8.74 Å². The second-order valence-corrected chi connectivity index (χ2v) is 4.88. The van der Waals surface area contributed by atoms with Crippen molar-refractivity contribution >= 4 is 20.3 Å². The number of rotatable bonds is 3. The van der Waals surface area contributed by atoms with E-state index in [1.165, 1.54) is 0 Å². The summed E-state index contributed by atoms with van der Waals surface area (Å²) in [4.78, 5) is 0. The molecule has 0 heterocycles. The van der Waals surface area contributed by atoms with Gasteiger partial charge < -0.3 is 0 Å². The van der Waals surface area contributed by atoms with Crippen molar-refractivity contribution in [2.45, 2.75) is 19.0 Å². The molecule has 8 heavy (non-hydrogen) atoms. The molecule has 50 valence electrons. The summed E-state index contributed by atoms with van der Waals surface area (Å²) in [6.45, 7) is 1.04. The van der Waals surface area contributed by atoms with Crippen LogP contribution in [-0.2, 0) is 0 Å². The molecule has 0 N–H and O–H groups in total. The molecule has 0 rings (SSSR count). The summed E-state index contributed by atoms with van der Waals surface area (Å²) in [5.41, 5.74) is 0. The molecule has 0 aliphatic heterocycles. The molecule has 0 spiro atoms. The predicted molar refractivity (Wildman–Crippen MR) is 34.0 cm³/mol. The number of halogens is 3. The van der Waals surface area contributed by atoms with Crippen LogP contribution in [0.3, 0.4) is 0 Å². The number of hydrogen-bond acceptors (Lipinski definition) is 0. The summed E-state index contributed by atoms with van der Waals surface area (Å²) < 4.78 is 24.0. The van der Waals surface area contributed by atoms with E-state index < -0.39 is 8.74 Å². The summed E-state index contributed by atoms with van der Waals surface area (Å²) in [5.74, 6) is 0.358. The zero-order valence-electron chi connectivity index (χ0n) is 4.76. The van der Waals surface area contributed by atoms with Gasteiger partial charge in [-0.15, -0.1) is 11.6 Å². The lowest BCUT2D eigenvalue weighted by Gasteiger charge is -2.02. The fourth-order valence-corrected chi connectivity index (χ4v) is 1.53. The third kappa shape index (κ3) is 6.37. The molecule has 4 heteroatoms. The highest BCUT2D eigenvalue weighted by atomic mass is 35.5. The molecule has 0 aromatic heterocycles. The second kappa shape index (κ2) is 3.40. The molecule has 0 atom stereocenters. The third-order valence-electron chi connectivity index (χ3n) is 0.749. The Kier molecular flexibility index (Phi) is 3.56. The zero-order valence-corrected chi connectivity index (χ0v) is 6.51. The minimum atomic E-state index is -3.76.